The quantitative estimate of drug-likeness (QED) is 0.830. The summed E-state index contributed by atoms with van der Waals surface area (Å²) in [6, 6.07) is 9.38. The fourth-order valence-corrected chi connectivity index (χ4v) is 3.44. The summed E-state index contributed by atoms with van der Waals surface area (Å²) in [6.07, 6.45) is 3.37. The summed E-state index contributed by atoms with van der Waals surface area (Å²) in [4.78, 5) is 29.6. The third-order valence-electron chi connectivity index (χ3n) is 4.63. The van der Waals surface area contributed by atoms with Gasteiger partial charge in [0.25, 0.3) is 0 Å². The number of hydrogen-bond acceptors (Lipinski definition) is 4. The summed E-state index contributed by atoms with van der Waals surface area (Å²) in [5, 5.41) is 9.46. The maximum absolute atomic E-state index is 12.3. The average molecular weight is 357 g/mol. The van der Waals surface area contributed by atoms with Gasteiger partial charge < -0.3 is 19.3 Å². The zero-order valence-corrected chi connectivity index (χ0v) is 14.8. The normalized spacial score (nSPS) is 17.1. The number of rotatable bonds is 5. The van der Waals surface area contributed by atoms with Crippen molar-refractivity contribution in [1.29, 1.82) is 0 Å². The van der Waals surface area contributed by atoms with Gasteiger partial charge in [0.2, 0.25) is 0 Å². The van der Waals surface area contributed by atoms with Crippen molar-refractivity contribution in [2.75, 3.05) is 13.2 Å². The minimum absolute atomic E-state index is 0.132. The number of ether oxygens (including phenoxy) is 1. The third-order valence-corrected chi connectivity index (χ3v) is 4.63. The fourth-order valence-electron chi connectivity index (χ4n) is 3.44. The standard InChI is InChI=1S/C19H23N3O4/c1-2-26-18(23)16-17(14-8-4-3-5-9-14)21(13-20-16)12-15-10-6-7-11-22(15)19(24)25/h3-5,8-9,13,15H,2,6-7,10-12H2,1H3,(H,24,25). The van der Waals surface area contributed by atoms with E-state index in [2.05, 4.69) is 4.98 Å². The summed E-state index contributed by atoms with van der Waals surface area (Å²) in [6.45, 7) is 3.03. The predicted octanol–water partition coefficient (Wildman–Crippen LogP) is 3.26. The van der Waals surface area contributed by atoms with E-state index >= 15 is 0 Å². The van der Waals surface area contributed by atoms with Gasteiger partial charge in [-0.05, 0) is 26.2 Å². The third kappa shape index (κ3) is 3.71. The summed E-state index contributed by atoms with van der Waals surface area (Å²) < 4.78 is 7.00. The molecule has 2 aromatic rings. The molecule has 1 saturated heterocycles. The molecule has 138 valence electrons. The van der Waals surface area contributed by atoms with Crippen LogP contribution in [0.4, 0.5) is 4.79 Å². The molecule has 1 aromatic carbocycles. The van der Waals surface area contributed by atoms with Crippen LogP contribution in [0.3, 0.4) is 0 Å². The minimum atomic E-state index is -0.901. The lowest BCUT2D eigenvalue weighted by atomic mass is 10.0. The lowest BCUT2D eigenvalue weighted by Gasteiger charge is -2.34. The zero-order chi connectivity index (χ0) is 18.5. The predicted molar refractivity (Wildman–Crippen MR) is 96.0 cm³/mol. The molecular weight excluding hydrogens is 334 g/mol. The van der Waals surface area contributed by atoms with Crippen molar-refractivity contribution < 1.29 is 19.4 Å². The van der Waals surface area contributed by atoms with Crippen LogP contribution < -0.4 is 0 Å². The van der Waals surface area contributed by atoms with E-state index in [1.54, 1.807) is 13.3 Å². The average Bonchev–Trinajstić information content (AvgIpc) is 3.06. The second kappa shape index (κ2) is 8.03. The number of likely N-dealkylation sites (tertiary alicyclic amines) is 1. The van der Waals surface area contributed by atoms with Gasteiger partial charge in [0.05, 0.1) is 24.7 Å². The van der Waals surface area contributed by atoms with Crippen LogP contribution >= 0.6 is 0 Å². The summed E-state index contributed by atoms with van der Waals surface area (Å²) in [7, 11) is 0. The zero-order valence-electron chi connectivity index (χ0n) is 14.8. The molecule has 1 aliphatic rings. The van der Waals surface area contributed by atoms with Crippen molar-refractivity contribution in [3.63, 3.8) is 0 Å². The highest BCUT2D eigenvalue weighted by Crippen LogP contribution is 2.26. The van der Waals surface area contributed by atoms with Crippen LogP contribution in [-0.2, 0) is 11.3 Å². The first-order chi connectivity index (χ1) is 12.6. The number of amides is 1. The molecule has 2 heterocycles. The van der Waals surface area contributed by atoms with E-state index in [-0.39, 0.29) is 18.3 Å². The highest BCUT2D eigenvalue weighted by atomic mass is 16.5. The van der Waals surface area contributed by atoms with Gasteiger partial charge in [0, 0.05) is 18.7 Å². The second-order valence-electron chi connectivity index (χ2n) is 6.31. The molecule has 3 rings (SSSR count). The van der Waals surface area contributed by atoms with Crippen LogP contribution in [0.2, 0.25) is 0 Å². The van der Waals surface area contributed by atoms with Crippen LogP contribution in [0.1, 0.15) is 36.7 Å². The Morgan fingerprint density at radius 1 is 1.27 bits per heavy atom. The largest absolute Gasteiger partial charge is 0.465 e. The number of nitrogens with zero attached hydrogens (tertiary/aromatic N) is 3. The van der Waals surface area contributed by atoms with Crippen LogP contribution in [-0.4, -0.2) is 50.8 Å². The van der Waals surface area contributed by atoms with Crippen molar-refractivity contribution >= 4 is 12.1 Å². The van der Waals surface area contributed by atoms with Crippen LogP contribution in [0.15, 0.2) is 36.7 Å². The molecule has 0 radical (unpaired) electrons. The Bertz CT molecular complexity index is 772. The van der Waals surface area contributed by atoms with Crippen LogP contribution in [0.5, 0.6) is 0 Å². The first-order valence-corrected chi connectivity index (χ1v) is 8.89. The molecule has 1 atom stereocenters. The smallest absolute Gasteiger partial charge is 0.407 e. The van der Waals surface area contributed by atoms with Gasteiger partial charge in [-0.1, -0.05) is 30.3 Å². The molecule has 0 saturated carbocycles. The number of esters is 1. The number of benzene rings is 1. The molecule has 1 aromatic heterocycles. The molecule has 0 aliphatic carbocycles. The lowest BCUT2D eigenvalue weighted by Crippen LogP contribution is -2.45. The van der Waals surface area contributed by atoms with E-state index in [9.17, 15) is 14.7 Å². The van der Waals surface area contributed by atoms with Gasteiger partial charge in [-0.2, -0.15) is 0 Å². The number of carbonyl (C=O) groups excluding carboxylic acids is 1. The molecule has 7 nitrogen and oxygen atoms in total. The van der Waals surface area contributed by atoms with E-state index in [4.69, 9.17) is 4.74 Å². The number of piperidine rings is 1. The Kier molecular flexibility index (Phi) is 5.55. The van der Waals surface area contributed by atoms with E-state index in [0.717, 1.165) is 24.8 Å². The van der Waals surface area contributed by atoms with Crippen molar-refractivity contribution in [3.8, 4) is 11.3 Å². The first-order valence-electron chi connectivity index (χ1n) is 8.89. The maximum Gasteiger partial charge on any atom is 0.407 e. The van der Waals surface area contributed by atoms with Crippen molar-refractivity contribution in [3.05, 3.63) is 42.4 Å². The Labute approximate surface area is 152 Å². The Balaban J connectivity index is 1.96. The highest BCUT2D eigenvalue weighted by Gasteiger charge is 2.29. The molecule has 1 unspecified atom stereocenters. The fraction of sp³-hybridized carbons (Fsp3) is 0.421. The van der Waals surface area contributed by atoms with Gasteiger partial charge in [-0.25, -0.2) is 14.6 Å². The topological polar surface area (TPSA) is 84.7 Å². The van der Waals surface area contributed by atoms with Gasteiger partial charge in [0.15, 0.2) is 5.69 Å². The molecule has 1 N–H and O–H groups in total. The SMILES string of the molecule is CCOC(=O)c1ncn(CC2CCCCN2C(=O)O)c1-c1ccccc1. The van der Waals surface area contributed by atoms with Crippen LogP contribution in [0.25, 0.3) is 11.3 Å². The Hall–Kier alpha value is -2.83. The van der Waals surface area contributed by atoms with Crippen molar-refractivity contribution in [2.24, 2.45) is 0 Å². The van der Waals surface area contributed by atoms with E-state index < -0.39 is 12.1 Å². The van der Waals surface area contributed by atoms with E-state index in [0.29, 0.717) is 18.8 Å². The number of aromatic nitrogens is 2. The monoisotopic (exact) mass is 357 g/mol. The van der Waals surface area contributed by atoms with Crippen LogP contribution in [0, 0.1) is 0 Å². The molecule has 26 heavy (non-hydrogen) atoms. The molecule has 7 heteroatoms. The van der Waals surface area contributed by atoms with E-state index in [1.807, 2.05) is 34.9 Å². The number of carboxylic acid groups (broad SMARTS) is 1. The van der Waals surface area contributed by atoms with Gasteiger partial charge in [-0.15, -0.1) is 0 Å². The van der Waals surface area contributed by atoms with Gasteiger partial charge in [0.1, 0.15) is 0 Å². The minimum Gasteiger partial charge on any atom is -0.465 e. The Morgan fingerprint density at radius 3 is 2.73 bits per heavy atom. The number of imidazole rings is 1. The molecule has 0 spiro atoms. The Morgan fingerprint density at radius 2 is 2.04 bits per heavy atom. The molecule has 1 fully saturated rings. The summed E-state index contributed by atoms with van der Waals surface area (Å²) in [5.74, 6) is -0.469. The second-order valence-corrected chi connectivity index (χ2v) is 6.31. The lowest BCUT2D eigenvalue weighted by molar-refractivity contribution is 0.0520. The molecule has 1 amide bonds. The molecule has 1 aliphatic heterocycles. The van der Waals surface area contributed by atoms with Crippen molar-refractivity contribution in [1.82, 2.24) is 14.5 Å². The number of hydrogen-bond donors (Lipinski definition) is 1. The molecular formula is C19H23N3O4. The maximum atomic E-state index is 12.3. The van der Waals surface area contributed by atoms with Gasteiger partial charge in [-0.3, -0.25) is 0 Å². The van der Waals surface area contributed by atoms with Gasteiger partial charge >= 0.3 is 12.1 Å². The highest BCUT2D eigenvalue weighted by molar-refractivity contribution is 5.94. The summed E-state index contributed by atoms with van der Waals surface area (Å²) >= 11 is 0. The summed E-state index contributed by atoms with van der Waals surface area (Å²) in [5.41, 5.74) is 1.78. The molecule has 0 bridgehead atoms. The van der Waals surface area contributed by atoms with E-state index in [1.165, 1.54) is 4.90 Å². The number of carbonyl (C=O) groups is 2. The van der Waals surface area contributed by atoms with Crippen molar-refractivity contribution in [2.45, 2.75) is 38.8 Å². The first kappa shape index (κ1) is 18.0.